The first-order chi connectivity index (χ1) is 8.91. The lowest BCUT2D eigenvalue weighted by Gasteiger charge is -2.06. The van der Waals surface area contributed by atoms with E-state index in [1.165, 1.54) is 0 Å². The van der Waals surface area contributed by atoms with Crippen LogP contribution in [0.5, 0.6) is 0 Å². The van der Waals surface area contributed by atoms with Gasteiger partial charge in [0, 0.05) is 26.9 Å². The summed E-state index contributed by atoms with van der Waals surface area (Å²) < 4.78 is 26.2. The molecule has 5 nitrogen and oxygen atoms in total. The van der Waals surface area contributed by atoms with Gasteiger partial charge in [0.1, 0.15) is 0 Å². The van der Waals surface area contributed by atoms with Gasteiger partial charge in [-0.15, -0.1) is 0 Å². The fraction of sp³-hybridized carbons (Fsp3) is 1.00. The van der Waals surface area contributed by atoms with Gasteiger partial charge < -0.3 is 23.7 Å². The van der Waals surface area contributed by atoms with Crippen LogP contribution in [0.15, 0.2) is 0 Å². The number of rotatable bonds is 15. The van der Waals surface area contributed by atoms with Crippen LogP contribution in [0.2, 0.25) is 0 Å². The van der Waals surface area contributed by atoms with Crippen LogP contribution in [0, 0.1) is 0 Å². The first-order valence-corrected chi connectivity index (χ1v) is 6.71. The molecule has 0 atom stereocenters. The molecule has 0 aromatic rings. The second-order valence-corrected chi connectivity index (χ2v) is 3.80. The van der Waals surface area contributed by atoms with E-state index in [0.29, 0.717) is 39.6 Å². The smallest absolute Gasteiger partial charge is 0.0701 e. The number of methoxy groups -OCH3 is 1. The molecule has 0 amide bonds. The topological polar surface area (TPSA) is 46.2 Å². The minimum atomic E-state index is 0.604. The first-order valence-electron chi connectivity index (χ1n) is 6.71. The number of hydrogen-bond acceptors (Lipinski definition) is 5. The SMILES string of the molecule is CCCOCCCOCCOCCOCCOC. The first kappa shape index (κ1) is 17.8. The molecule has 0 fully saturated rings. The van der Waals surface area contributed by atoms with Crippen molar-refractivity contribution in [2.45, 2.75) is 19.8 Å². The van der Waals surface area contributed by atoms with Crippen molar-refractivity contribution in [3.63, 3.8) is 0 Å². The van der Waals surface area contributed by atoms with E-state index in [-0.39, 0.29) is 0 Å². The third-order valence-electron chi connectivity index (χ3n) is 2.10. The summed E-state index contributed by atoms with van der Waals surface area (Å²) in [7, 11) is 1.66. The molecule has 5 heteroatoms. The quantitative estimate of drug-likeness (QED) is 0.419. The van der Waals surface area contributed by atoms with Gasteiger partial charge in [0.05, 0.1) is 39.6 Å². The molecule has 0 unspecified atom stereocenters. The largest absolute Gasteiger partial charge is 0.382 e. The Bertz CT molecular complexity index is 127. The second kappa shape index (κ2) is 16.8. The van der Waals surface area contributed by atoms with Crippen molar-refractivity contribution >= 4 is 0 Å². The van der Waals surface area contributed by atoms with Gasteiger partial charge >= 0.3 is 0 Å². The molecule has 0 saturated carbocycles. The standard InChI is InChI=1S/C13H28O5/c1-3-5-15-6-4-7-16-10-11-18-13-12-17-9-8-14-2/h3-13H2,1-2H3. The maximum Gasteiger partial charge on any atom is 0.0701 e. The van der Waals surface area contributed by atoms with E-state index in [1.54, 1.807) is 7.11 Å². The van der Waals surface area contributed by atoms with Crippen LogP contribution in [0.1, 0.15) is 19.8 Å². The van der Waals surface area contributed by atoms with Crippen LogP contribution >= 0.6 is 0 Å². The highest BCUT2D eigenvalue weighted by molar-refractivity contribution is 4.37. The van der Waals surface area contributed by atoms with Gasteiger partial charge in [-0.3, -0.25) is 0 Å². The molecule has 0 radical (unpaired) electrons. The van der Waals surface area contributed by atoms with Crippen LogP contribution in [0.4, 0.5) is 0 Å². The van der Waals surface area contributed by atoms with Crippen LogP contribution in [0.3, 0.4) is 0 Å². The van der Waals surface area contributed by atoms with E-state index in [1.807, 2.05) is 0 Å². The highest BCUT2D eigenvalue weighted by Gasteiger charge is 1.92. The Morgan fingerprint density at radius 1 is 0.556 bits per heavy atom. The second-order valence-electron chi connectivity index (χ2n) is 3.80. The highest BCUT2D eigenvalue weighted by atomic mass is 16.6. The van der Waals surface area contributed by atoms with E-state index < -0.39 is 0 Å². The predicted octanol–water partition coefficient (Wildman–Crippen LogP) is 1.50. The molecule has 18 heavy (non-hydrogen) atoms. The summed E-state index contributed by atoms with van der Waals surface area (Å²) in [6.07, 6.45) is 2.02. The molecule has 0 aliphatic heterocycles. The Hall–Kier alpha value is -0.200. The van der Waals surface area contributed by atoms with Crippen molar-refractivity contribution in [1.29, 1.82) is 0 Å². The normalized spacial score (nSPS) is 11.0. The summed E-state index contributed by atoms with van der Waals surface area (Å²) in [4.78, 5) is 0. The molecule has 0 heterocycles. The summed E-state index contributed by atoms with van der Waals surface area (Å²) in [5.41, 5.74) is 0. The minimum Gasteiger partial charge on any atom is -0.382 e. The zero-order valence-corrected chi connectivity index (χ0v) is 11.8. The molecule has 0 aliphatic rings. The average Bonchev–Trinajstić information content (AvgIpc) is 2.39. The molecule has 0 N–H and O–H groups in total. The van der Waals surface area contributed by atoms with E-state index >= 15 is 0 Å². The van der Waals surface area contributed by atoms with E-state index in [0.717, 1.165) is 32.7 Å². The highest BCUT2D eigenvalue weighted by Crippen LogP contribution is 1.88. The predicted molar refractivity (Wildman–Crippen MR) is 70.1 cm³/mol. The van der Waals surface area contributed by atoms with Crippen LogP contribution < -0.4 is 0 Å². The minimum absolute atomic E-state index is 0.604. The van der Waals surface area contributed by atoms with Gasteiger partial charge in [-0.1, -0.05) is 6.92 Å². The Morgan fingerprint density at radius 3 is 1.50 bits per heavy atom. The molecular weight excluding hydrogens is 236 g/mol. The summed E-state index contributed by atoms with van der Waals surface area (Å²) in [5, 5.41) is 0. The Balaban J connectivity index is 2.86. The maximum atomic E-state index is 5.39. The number of ether oxygens (including phenoxy) is 5. The zero-order chi connectivity index (χ0) is 13.3. The van der Waals surface area contributed by atoms with Crippen molar-refractivity contribution in [2.75, 3.05) is 66.6 Å². The molecule has 0 spiro atoms. The van der Waals surface area contributed by atoms with E-state index in [2.05, 4.69) is 6.92 Å². The Morgan fingerprint density at radius 2 is 1.00 bits per heavy atom. The molecule has 110 valence electrons. The molecule has 0 aromatic carbocycles. The molecule has 0 aromatic heterocycles. The van der Waals surface area contributed by atoms with Gasteiger partial charge in [-0.25, -0.2) is 0 Å². The summed E-state index contributed by atoms with van der Waals surface area (Å²) >= 11 is 0. The molecular formula is C13H28O5. The monoisotopic (exact) mass is 264 g/mol. The van der Waals surface area contributed by atoms with Crippen LogP contribution in [-0.2, 0) is 23.7 Å². The summed E-state index contributed by atoms with van der Waals surface area (Å²) in [6, 6.07) is 0. The third-order valence-corrected chi connectivity index (χ3v) is 2.10. The van der Waals surface area contributed by atoms with Gasteiger partial charge in [-0.2, -0.15) is 0 Å². The molecule has 0 aliphatic carbocycles. The van der Waals surface area contributed by atoms with Gasteiger partial charge in [0.25, 0.3) is 0 Å². The summed E-state index contributed by atoms with van der Waals surface area (Å²) in [6.45, 7) is 8.16. The van der Waals surface area contributed by atoms with E-state index in [4.69, 9.17) is 23.7 Å². The van der Waals surface area contributed by atoms with E-state index in [9.17, 15) is 0 Å². The molecule has 0 bridgehead atoms. The summed E-state index contributed by atoms with van der Waals surface area (Å²) in [5.74, 6) is 0. The van der Waals surface area contributed by atoms with Crippen molar-refractivity contribution < 1.29 is 23.7 Å². The van der Waals surface area contributed by atoms with Crippen molar-refractivity contribution in [3.8, 4) is 0 Å². The van der Waals surface area contributed by atoms with Crippen molar-refractivity contribution in [1.82, 2.24) is 0 Å². The molecule has 0 saturated heterocycles. The van der Waals surface area contributed by atoms with Crippen LogP contribution in [0.25, 0.3) is 0 Å². The zero-order valence-electron chi connectivity index (χ0n) is 11.8. The fourth-order valence-corrected chi connectivity index (χ4v) is 1.19. The van der Waals surface area contributed by atoms with Crippen molar-refractivity contribution in [3.05, 3.63) is 0 Å². The van der Waals surface area contributed by atoms with Crippen LogP contribution in [-0.4, -0.2) is 66.6 Å². The average molecular weight is 264 g/mol. The third kappa shape index (κ3) is 15.8. The van der Waals surface area contributed by atoms with Gasteiger partial charge in [0.15, 0.2) is 0 Å². The van der Waals surface area contributed by atoms with Crippen molar-refractivity contribution in [2.24, 2.45) is 0 Å². The lowest BCUT2D eigenvalue weighted by molar-refractivity contribution is 0.000648. The molecule has 0 rings (SSSR count). The Labute approximate surface area is 111 Å². The van der Waals surface area contributed by atoms with Gasteiger partial charge in [-0.05, 0) is 12.8 Å². The maximum absolute atomic E-state index is 5.39. The Kier molecular flexibility index (Phi) is 16.6. The lowest BCUT2D eigenvalue weighted by Crippen LogP contribution is -2.12. The van der Waals surface area contributed by atoms with Gasteiger partial charge in [0.2, 0.25) is 0 Å². The fourth-order valence-electron chi connectivity index (χ4n) is 1.19. The lowest BCUT2D eigenvalue weighted by atomic mass is 10.5. The number of hydrogen-bond donors (Lipinski definition) is 0.